The van der Waals surface area contributed by atoms with Gasteiger partial charge in [0.15, 0.2) is 0 Å². The van der Waals surface area contributed by atoms with Crippen molar-refractivity contribution in [1.82, 2.24) is 0 Å². The minimum Gasteiger partial charge on any atom is -0.426 e. The molecule has 0 heterocycles. The lowest BCUT2D eigenvalue weighted by Gasteiger charge is -2.14. The summed E-state index contributed by atoms with van der Waals surface area (Å²) in [5.41, 5.74) is 2.30. The van der Waals surface area contributed by atoms with Crippen LogP contribution in [-0.4, -0.2) is 5.97 Å². The zero-order valence-corrected chi connectivity index (χ0v) is 9.83. The fourth-order valence-electron chi connectivity index (χ4n) is 1.68. The molecule has 0 aromatic heterocycles. The van der Waals surface area contributed by atoms with Crippen molar-refractivity contribution in [1.29, 1.82) is 0 Å². The van der Waals surface area contributed by atoms with Gasteiger partial charge >= 0.3 is 5.97 Å². The van der Waals surface area contributed by atoms with E-state index in [4.69, 9.17) is 4.74 Å². The molecule has 1 aromatic rings. The highest BCUT2D eigenvalue weighted by Crippen LogP contribution is 2.29. The van der Waals surface area contributed by atoms with E-state index in [1.54, 1.807) is 6.92 Å². The van der Waals surface area contributed by atoms with Gasteiger partial charge in [0, 0.05) is 12.0 Å². The van der Waals surface area contributed by atoms with Crippen LogP contribution in [0.15, 0.2) is 18.2 Å². The van der Waals surface area contributed by atoms with Crippen LogP contribution < -0.4 is 4.74 Å². The highest BCUT2D eigenvalue weighted by atomic mass is 16.5. The maximum Gasteiger partial charge on any atom is 0.310 e. The Bertz CT molecular complexity index is 354. The summed E-state index contributed by atoms with van der Waals surface area (Å²) in [4.78, 5) is 11.2. The van der Waals surface area contributed by atoms with Gasteiger partial charge in [0.2, 0.25) is 0 Å². The predicted molar refractivity (Wildman–Crippen MR) is 61.2 cm³/mol. The molecule has 82 valence electrons. The molecule has 15 heavy (non-hydrogen) atoms. The summed E-state index contributed by atoms with van der Waals surface area (Å²) in [5, 5.41) is 0. The summed E-state index contributed by atoms with van der Waals surface area (Å²) >= 11 is 0. The molecule has 1 rings (SSSR count). The molecule has 1 aromatic carbocycles. The van der Waals surface area contributed by atoms with Gasteiger partial charge in [0.05, 0.1) is 0 Å². The number of aryl methyl sites for hydroxylation is 1. The number of hydrogen-bond acceptors (Lipinski definition) is 2. The molecule has 0 amide bonds. The predicted octanol–water partition coefficient (Wildman–Crippen LogP) is 3.43. The number of esters is 1. The molecule has 0 unspecified atom stereocenters. The van der Waals surface area contributed by atoms with Gasteiger partial charge in [-0.3, -0.25) is 4.79 Å². The van der Waals surface area contributed by atoms with Crippen molar-refractivity contribution in [2.24, 2.45) is 0 Å². The van der Waals surface area contributed by atoms with E-state index in [1.807, 2.05) is 25.1 Å². The Morgan fingerprint density at radius 1 is 1.40 bits per heavy atom. The van der Waals surface area contributed by atoms with Crippen LogP contribution in [-0.2, 0) is 4.79 Å². The Hall–Kier alpha value is -1.31. The Kier molecular flexibility index (Phi) is 3.89. The standard InChI is InChI=1S/C13H18O2/c1-5-12(14)15-11-8-6-7-10(4)13(11)9(2)3/h6-9H,5H2,1-4H3. The van der Waals surface area contributed by atoms with E-state index in [2.05, 4.69) is 13.8 Å². The smallest absolute Gasteiger partial charge is 0.310 e. The molecule has 0 aliphatic heterocycles. The van der Waals surface area contributed by atoms with Gasteiger partial charge in [0.1, 0.15) is 5.75 Å². The monoisotopic (exact) mass is 206 g/mol. The zero-order chi connectivity index (χ0) is 11.4. The molecule has 0 N–H and O–H groups in total. The number of benzene rings is 1. The topological polar surface area (TPSA) is 26.3 Å². The average Bonchev–Trinajstić information content (AvgIpc) is 2.17. The number of carbonyl (C=O) groups excluding carboxylic acids is 1. The highest BCUT2D eigenvalue weighted by Gasteiger charge is 2.12. The van der Waals surface area contributed by atoms with Crippen molar-refractivity contribution in [2.45, 2.75) is 40.0 Å². The second-order valence-corrected chi connectivity index (χ2v) is 3.97. The molecule has 0 saturated heterocycles. The van der Waals surface area contributed by atoms with E-state index in [9.17, 15) is 4.79 Å². The van der Waals surface area contributed by atoms with Crippen LogP contribution >= 0.6 is 0 Å². The van der Waals surface area contributed by atoms with Gasteiger partial charge < -0.3 is 4.74 Å². The largest absolute Gasteiger partial charge is 0.426 e. The van der Waals surface area contributed by atoms with Gasteiger partial charge in [0.25, 0.3) is 0 Å². The summed E-state index contributed by atoms with van der Waals surface area (Å²) < 4.78 is 5.30. The van der Waals surface area contributed by atoms with Crippen molar-refractivity contribution < 1.29 is 9.53 Å². The summed E-state index contributed by atoms with van der Waals surface area (Å²) in [6.45, 7) is 8.04. The first-order valence-electron chi connectivity index (χ1n) is 5.36. The van der Waals surface area contributed by atoms with Crippen LogP contribution in [0.2, 0.25) is 0 Å². The van der Waals surface area contributed by atoms with Crippen LogP contribution in [0.3, 0.4) is 0 Å². The molecule has 0 spiro atoms. The molecule has 0 aliphatic carbocycles. The Morgan fingerprint density at radius 3 is 2.60 bits per heavy atom. The first-order valence-corrected chi connectivity index (χ1v) is 5.36. The van der Waals surface area contributed by atoms with Crippen molar-refractivity contribution in [3.8, 4) is 5.75 Å². The van der Waals surface area contributed by atoms with Crippen LogP contribution in [0.5, 0.6) is 5.75 Å². The van der Waals surface area contributed by atoms with Crippen molar-refractivity contribution in [3.05, 3.63) is 29.3 Å². The molecule has 0 aliphatic rings. The van der Waals surface area contributed by atoms with Gasteiger partial charge in [-0.05, 0) is 24.5 Å². The average molecular weight is 206 g/mol. The third kappa shape index (κ3) is 2.82. The van der Waals surface area contributed by atoms with Crippen molar-refractivity contribution in [3.63, 3.8) is 0 Å². The molecule has 0 fully saturated rings. The SMILES string of the molecule is CCC(=O)Oc1cccc(C)c1C(C)C. The van der Waals surface area contributed by atoms with Crippen molar-refractivity contribution >= 4 is 5.97 Å². The second-order valence-electron chi connectivity index (χ2n) is 3.97. The minimum absolute atomic E-state index is 0.178. The maximum absolute atomic E-state index is 11.2. The molecule has 0 radical (unpaired) electrons. The molecular formula is C13H18O2. The molecule has 0 saturated carbocycles. The summed E-state index contributed by atoms with van der Waals surface area (Å²) in [5.74, 6) is 0.894. The summed E-state index contributed by atoms with van der Waals surface area (Å²) in [6, 6.07) is 5.81. The van der Waals surface area contributed by atoms with Crippen molar-refractivity contribution in [2.75, 3.05) is 0 Å². The van der Waals surface area contributed by atoms with Crippen LogP contribution in [0.4, 0.5) is 0 Å². The zero-order valence-electron chi connectivity index (χ0n) is 9.83. The normalized spacial score (nSPS) is 10.5. The lowest BCUT2D eigenvalue weighted by Crippen LogP contribution is -2.08. The second kappa shape index (κ2) is 4.96. The van der Waals surface area contributed by atoms with E-state index in [1.165, 1.54) is 5.56 Å². The van der Waals surface area contributed by atoms with Crippen LogP contribution in [0, 0.1) is 6.92 Å². The Labute approximate surface area is 91.3 Å². The van der Waals surface area contributed by atoms with Crippen LogP contribution in [0.1, 0.15) is 44.2 Å². The lowest BCUT2D eigenvalue weighted by molar-refractivity contribution is -0.134. The number of rotatable bonds is 3. The molecule has 2 nitrogen and oxygen atoms in total. The van der Waals surface area contributed by atoms with Gasteiger partial charge in [-0.2, -0.15) is 0 Å². The van der Waals surface area contributed by atoms with Gasteiger partial charge in [-0.15, -0.1) is 0 Å². The number of hydrogen-bond donors (Lipinski definition) is 0. The first-order chi connectivity index (χ1) is 7.06. The van der Waals surface area contributed by atoms with E-state index < -0.39 is 0 Å². The Morgan fingerprint density at radius 2 is 2.07 bits per heavy atom. The minimum atomic E-state index is -0.178. The number of ether oxygens (including phenoxy) is 1. The maximum atomic E-state index is 11.2. The molecule has 0 bridgehead atoms. The fourth-order valence-corrected chi connectivity index (χ4v) is 1.68. The quantitative estimate of drug-likeness (QED) is 0.559. The van der Waals surface area contributed by atoms with E-state index >= 15 is 0 Å². The van der Waals surface area contributed by atoms with Crippen LogP contribution in [0.25, 0.3) is 0 Å². The molecule has 0 atom stereocenters. The number of carbonyl (C=O) groups is 1. The van der Waals surface area contributed by atoms with Gasteiger partial charge in [-0.25, -0.2) is 0 Å². The molecular weight excluding hydrogens is 188 g/mol. The third-order valence-electron chi connectivity index (χ3n) is 2.37. The third-order valence-corrected chi connectivity index (χ3v) is 2.37. The summed E-state index contributed by atoms with van der Waals surface area (Å²) in [7, 11) is 0. The highest BCUT2D eigenvalue weighted by molar-refractivity contribution is 5.72. The Balaban J connectivity index is 3.06. The first kappa shape index (κ1) is 11.8. The van der Waals surface area contributed by atoms with E-state index in [0.29, 0.717) is 18.1 Å². The summed E-state index contributed by atoms with van der Waals surface area (Å²) in [6.07, 6.45) is 0.408. The molecule has 2 heteroatoms. The van der Waals surface area contributed by atoms with Gasteiger partial charge in [-0.1, -0.05) is 32.9 Å². The van der Waals surface area contributed by atoms with E-state index in [-0.39, 0.29) is 5.97 Å². The lowest BCUT2D eigenvalue weighted by atomic mass is 9.97. The van der Waals surface area contributed by atoms with E-state index in [0.717, 1.165) is 5.56 Å². The fraction of sp³-hybridized carbons (Fsp3) is 0.462.